The van der Waals surface area contributed by atoms with Crippen LogP contribution in [-0.4, -0.2) is 21.1 Å². The zero-order valence-electron chi connectivity index (χ0n) is 11.8. The van der Waals surface area contributed by atoms with Gasteiger partial charge in [0, 0.05) is 5.56 Å². The molecule has 3 aromatic rings. The Morgan fingerprint density at radius 2 is 1.82 bits per heavy atom. The van der Waals surface area contributed by atoms with Crippen molar-refractivity contribution in [2.24, 2.45) is 5.10 Å². The lowest BCUT2D eigenvalue weighted by atomic mass is 10.2. The van der Waals surface area contributed by atoms with E-state index in [0.717, 1.165) is 11.1 Å². The molecule has 0 radical (unpaired) electrons. The maximum absolute atomic E-state index is 13.0. The van der Waals surface area contributed by atoms with Gasteiger partial charge in [0.05, 0.1) is 6.21 Å². The third-order valence-corrected chi connectivity index (χ3v) is 3.42. The predicted octanol–water partition coefficient (Wildman–Crippen LogP) is 3.94. The van der Waals surface area contributed by atoms with Crippen LogP contribution in [-0.2, 0) is 0 Å². The van der Waals surface area contributed by atoms with Crippen molar-refractivity contribution < 1.29 is 4.39 Å². The van der Waals surface area contributed by atoms with Crippen molar-refractivity contribution in [3.63, 3.8) is 0 Å². The monoisotopic (exact) mass is 312 g/mol. The number of hydrogen-bond acceptors (Lipinski definition) is 3. The van der Waals surface area contributed by atoms with Gasteiger partial charge in [0.15, 0.2) is 5.82 Å². The molecule has 0 amide bonds. The zero-order valence-corrected chi connectivity index (χ0v) is 12.6. The maximum Gasteiger partial charge on any atom is 0.216 e. The molecule has 2 aromatic carbocycles. The number of aromatic nitrogens is 3. The van der Waals surface area contributed by atoms with Crippen LogP contribution in [0, 0.1) is 17.5 Å². The van der Waals surface area contributed by atoms with Crippen molar-refractivity contribution in [3.8, 4) is 11.4 Å². The number of hydrogen-bond donors (Lipinski definition) is 1. The van der Waals surface area contributed by atoms with Crippen LogP contribution < -0.4 is 0 Å². The molecule has 0 aliphatic heterocycles. The second-order valence-electron chi connectivity index (χ2n) is 4.83. The van der Waals surface area contributed by atoms with Crippen LogP contribution >= 0.6 is 12.2 Å². The summed E-state index contributed by atoms with van der Waals surface area (Å²) in [4.78, 5) is 0. The van der Waals surface area contributed by atoms with E-state index in [4.69, 9.17) is 12.2 Å². The average molecular weight is 312 g/mol. The Morgan fingerprint density at radius 3 is 2.50 bits per heavy atom. The standard InChI is InChI=1S/C16H13FN4S/c1-11-2-4-12(5-3-11)10-18-21-15(19-20-16(21)22)13-6-8-14(17)9-7-13/h2-10H,1H3,(H,20,22)/b18-10+. The van der Waals surface area contributed by atoms with Crippen molar-refractivity contribution in [1.29, 1.82) is 0 Å². The highest BCUT2D eigenvalue weighted by Crippen LogP contribution is 2.17. The number of nitrogens with zero attached hydrogens (tertiary/aromatic N) is 3. The molecule has 22 heavy (non-hydrogen) atoms. The van der Waals surface area contributed by atoms with Crippen LogP contribution in [0.25, 0.3) is 11.4 Å². The van der Waals surface area contributed by atoms with Gasteiger partial charge >= 0.3 is 0 Å². The van der Waals surface area contributed by atoms with Gasteiger partial charge in [0.2, 0.25) is 4.77 Å². The number of H-pyrrole nitrogens is 1. The van der Waals surface area contributed by atoms with Crippen LogP contribution in [0.1, 0.15) is 11.1 Å². The Kier molecular flexibility index (Phi) is 3.93. The van der Waals surface area contributed by atoms with E-state index >= 15 is 0 Å². The fourth-order valence-corrected chi connectivity index (χ4v) is 2.14. The molecular formula is C16H13FN4S. The van der Waals surface area contributed by atoms with E-state index < -0.39 is 0 Å². The SMILES string of the molecule is Cc1ccc(/C=N/n2c(-c3ccc(F)cc3)n[nH]c2=S)cc1. The van der Waals surface area contributed by atoms with E-state index in [1.807, 2.05) is 31.2 Å². The Hall–Kier alpha value is -2.60. The van der Waals surface area contributed by atoms with Crippen molar-refractivity contribution in [2.45, 2.75) is 6.92 Å². The molecule has 0 aliphatic carbocycles. The van der Waals surface area contributed by atoms with Gasteiger partial charge in [-0.25, -0.2) is 9.49 Å². The van der Waals surface area contributed by atoms with E-state index in [2.05, 4.69) is 15.3 Å². The minimum absolute atomic E-state index is 0.299. The van der Waals surface area contributed by atoms with E-state index in [1.165, 1.54) is 22.4 Å². The summed E-state index contributed by atoms with van der Waals surface area (Å²) >= 11 is 5.19. The lowest BCUT2D eigenvalue weighted by Gasteiger charge is -2.01. The summed E-state index contributed by atoms with van der Waals surface area (Å²) in [5, 5.41) is 11.2. The van der Waals surface area contributed by atoms with Crippen LogP contribution in [0.5, 0.6) is 0 Å². The molecular weight excluding hydrogens is 299 g/mol. The lowest BCUT2D eigenvalue weighted by molar-refractivity contribution is 0.628. The Morgan fingerprint density at radius 1 is 1.14 bits per heavy atom. The quantitative estimate of drug-likeness (QED) is 0.588. The molecule has 0 saturated carbocycles. The van der Waals surface area contributed by atoms with Gasteiger partial charge < -0.3 is 0 Å². The third kappa shape index (κ3) is 3.01. The molecule has 1 N–H and O–H groups in total. The van der Waals surface area contributed by atoms with Gasteiger partial charge in [0.25, 0.3) is 0 Å². The van der Waals surface area contributed by atoms with Crippen LogP contribution in [0.4, 0.5) is 4.39 Å². The molecule has 4 nitrogen and oxygen atoms in total. The summed E-state index contributed by atoms with van der Waals surface area (Å²) in [6, 6.07) is 14.0. The highest BCUT2D eigenvalue weighted by Gasteiger charge is 2.07. The molecule has 0 bridgehead atoms. The number of rotatable bonds is 3. The first kappa shape index (κ1) is 14.3. The maximum atomic E-state index is 13.0. The lowest BCUT2D eigenvalue weighted by Crippen LogP contribution is -1.95. The highest BCUT2D eigenvalue weighted by atomic mass is 32.1. The van der Waals surface area contributed by atoms with Gasteiger partial charge in [-0.05, 0) is 49.0 Å². The molecule has 0 atom stereocenters. The third-order valence-electron chi connectivity index (χ3n) is 3.15. The van der Waals surface area contributed by atoms with Crippen molar-refractivity contribution in [2.75, 3.05) is 0 Å². The Balaban J connectivity index is 1.97. The van der Waals surface area contributed by atoms with Gasteiger partial charge in [-0.3, -0.25) is 0 Å². The summed E-state index contributed by atoms with van der Waals surface area (Å²) in [6.07, 6.45) is 1.71. The first-order chi connectivity index (χ1) is 10.6. The second-order valence-corrected chi connectivity index (χ2v) is 5.21. The Labute approximate surface area is 131 Å². The van der Waals surface area contributed by atoms with Gasteiger partial charge in [-0.2, -0.15) is 14.9 Å². The van der Waals surface area contributed by atoms with Gasteiger partial charge in [-0.15, -0.1) is 0 Å². The number of aromatic amines is 1. The first-order valence-corrected chi connectivity index (χ1v) is 7.09. The molecule has 1 aromatic heterocycles. The first-order valence-electron chi connectivity index (χ1n) is 6.68. The number of benzene rings is 2. The normalized spacial score (nSPS) is 11.2. The highest BCUT2D eigenvalue weighted by molar-refractivity contribution is 7.71. The van der Waals surface area contributed by atoms with Gasteiger partial charge in [0.1, 0.15) is 5.82 Å². The van der Waals surface area contributed by atoms with Crippen molar-refractivity contribution in [1.82, 2.24) is 14.9 Å². The predicted molar refractivity (Wildman–Crippen MR) is 87.0 cm³/mol. The molecule has 1 heterocycles. The molecule has 0 saturated heterocycles. The van der Waals surface area contributed by atoms with Crippen LogP contribution in [0.2, 0.25) is 0 Å². The summed E-state index contributed by atoms with van der Waals surface area (Å²) in [6.45, 7) is 2.03. The van der Waals surface area contributed by atoms with Crippen LogP contribution in [0.3, 0.4) is 0 Å². The van der Waals surface area contributed by atoms with E-state index in [-0.39, 0.29) is 5.82 Å². The summed E-state index contributed by atoms with van der Waals surface area (Å²) in [5.41, 5.74) is 2.87. The molecule has 6 heteroatoms. The average Bonchev–Trinajstić information content (AvgIpc) is 2.89. The molecule has 3 rings (SSSR count). The van der Waals surface area contributed by atoms with Crippen molar-refractivity contribution in [3.05, 3.63) is 70.2 Å². The van der Waals surface area contributed by atoms with E-state index in [0.29, 0.717) is 10.6 Å². The minimum Gasteiger partial charge on any atom is -0.250 e. The Bertz CT molecular complexity index is 860. The largest absolute Gasteiger partial charge is 0.250 e. The summed E-state index contributed by atoms with van der Waals surface area (Å²) in [7, 11) is 0. The van der Waals surface area contributed by atoms with Gasteiger partial charge in [-0.1, -0.05) is 29.8 Å². The zero-order chi connectivity index (χ0) is 15.5. The fraction of sp³-hybridized carbons (Fsp3) is 0.0625. The molecule has 0 spiro atoms. The summed E-state index contributed by atoms with van der Waals surface area (Å²) < 4.78 is 14.9. The molecule has 110 valence electrons. The van der Waals surface area contributed by atoms with Crippen LogP contribution in [0.15, 0.2) is 53.6 Å². The molecule has 0 unspecified atom stereocenters. The van der Waals surface area contributed by atoms with E-state index in [1.54, 1.807) is 18.3 Å². The number of aryl methyl sites for hydroxylation is 1. The van der Waals surface area contributed by atoms with Crippen molar-refractivity contribution >= 4 is 18.4 Å². The minimum atomic E-state index is -0.299. The smallest absolute Gasteiger partial charge is 0.216 e. The fourth-order valence-electron chi connectivity index (χ4n) is 1.96. The molecule has 0 aliphatic rings. The number of halogens is 1. The topological polar surface area (TPSA) is 46.0 Å². The van der Waals surface area contributed by atoms with E-state index in [9.17, 15) is 4.39 Å². The second kappa shape index (κ2) is 6.03. The molecule has 0 fully saturated rings. The number of nitrogens with one attached hydrogen (secondary N) is 1. The summed E-state index contributed by atoms with van der Waals surface area (Å²) in [5.74, 6) is 0.237.